The molecule has 4 heteroatoms. The first-order valence-corrected chi connectivity index (χ1v) is 7.83. The predicted octanol–water partition coefficient (Wildman–Crippen LogP) is 4.06. The number of anilines is 2. The Morgan fingerprint density at radius 3 is 2.50 bits per heavy atom. The zero-order valence-electron chi connectivity index (χ0n) is 13.5. The van der Waals surface area contributed by atoms with Crippen molar-refractivity contribution in [1.82, 2.24) is 10.3 Å². The van der Waals surface area contributed by atoms with E-state index in [9.17, 15) is 4.79 Å². The number of nitrogens with zero attached hydrogens (tertiary/aromatic N) is 1. The second-order valence-electron chi connectivity index (χ2n) is 5.53. The van der Waals surface area contributed by atoms with Gasteiger partial charge >= 0.3 is 0 Å². The van der Waals surface area contributed by atoms with Crippen molar-refractivity contribution >= 4 is 17.3 Å². The van der Waals surface area contributed by atoms with Crippen LogP contribution in [0.15, 0.2) is 72.9 Å². The summed E-state index contributed by atoms with van der Waals surface area (Å²) in [6, 6.07) is 21.4. The molecule has 24 heavy (non-hydrogen) atoms. The second-order valence-corrected chi connectivity index (χ2v) is 5.53. The second kappa shape index (κ2) is 7.42. The Balaban J connectivity index is 1.67. The van der Waals surface area contributed by atoms with Crippen LogP contribution in [0.5, 0.6) is 0 Å². The summed E-state index contributed by atoms with van der Waals surface area (Å²) in [6.45, 7) is 2.52. The summed E-state index contributed by atoms with van der Waals surface area (Å²) in [4.78, 5) is 16.5. The van der Waals surface area contributed by atoms with Crippen LogP contribution in [0.3, 0.4) is 0 Å². The van der Waals surface area contributed by atoms with E-state index >= 15 is 0 Å². The van der Waals surface area contributed by atoms with Crippen LogP contribution in [0.25, 0.3) is 0 Å². The summed E-state index contributed by atoms with van der Waals surface area (Å²) in [7, 11) is 0. The van der Waals surface area contributed by atoms with Crippen LogP contribution in [-0.4, -0.2) is 10.9 Å². The molecule has 0 aliphatic carbocycles. The van der Waals surface area contributed by atoms with E-state index in [2.05, 4.69) is 15.6 Å². The van der Waals surface area contributed by atoms with Gasteiger partial charge in [0.25, 0.3) is 5.91 Å². The first-order valence-electron chi connectivity index (χ1n) is 7.83. The third kappa shape index (κ3) is 3.98. The Hall–Kier alpha value is -3.14. The minimum absolute atomic E-state index is 0.185. The molecule has 0 bridgehead atoms. The van der Waals surface area contributed by atoms with Crippen LogP contribution >= 0.6 is 0 Å². The number of amides is 1. The molecule has 1 aromatic heterocycles. The summed E-state index contributed by atoms with van der Waals surface area (Å²) < 4.78 is 0. The maximum absolute atomic E-state index is 12.3. The largest absolute Gasteiger partial charge is 0.355 e. The molecule has 0 aliphatic heterocycles. The normalized spacial score (nSPS) is 10.2. The highest BCUT2D eigenvalue weighted by molar-refractivity contribution is 5.93. The Bertz CT molecular complexity index is 831. The summed E-state index contributed by atoms with van der Waals surface area (Å²) >= 11 is 0. The lowest BCUT2D eigenvalue weighted by atomic mass is 10.1. The van der Waals surface area contributed by atoms with Gasteiger partial charge in [-0.05, 0) is 42.3 Å². The van der Waals surface area contributed by atoms with Gasteiger partial charge in [0.1, 0.15) is 5.69 Å². The number of hydrogen-bond donors (Lipinski definition) is 2. The van der Waals surface area contributed by atoms with Gasteiger partial charge in [0.05, 0.1) is 0 Å². The molecule has 0 fully saturated rings. The zero-order chi connectivity index (χ0) is 16.8. The fourth-order valence-corrected chi connectivity index (χ4v) is 2.40. The lowest BCUT2D eigenvalue weighted by Crippen LogP contribution is -2.24. The van der Waals surface area contributed by atoms with Gasteiger partial charge in [-0.2, -0.15) is 0 Å². The highest BCUT2D eigenvalue weighted by Gasteiger charge is 2.08. The van der Waals surface area contributed by atoms with Gasteiger partial charge < -0.3 is 10.6 Å². The maximum Gasteiger partial charge on any atom is 0.270 e. The number of para-hydroxylation sites is 1. The highest BCUT2D eigenvalue weighted by Crippen LogP contribution is 2.16. The van der Waals surface area contributed by atoms with E-state index in [1.165, 1.54) is 0 Å². The Kier molecular flexibility index (Phi) is 4.87. The fourth-order valence-electron chi connectivity index (χ4n) is 2.40. The van der Waals surface area contributed by atoms with E-state index in [1.54, 1.807) is 12.3 Å². The van der Waals surface area contributed by atoms with Crippen LogP contribution < -0.4 is 10.6 Å². The van der Waals surface area contributed by atoms with Crippen LogP contribution in [0, 0.1) is 6.92 Å². The Labute approximate surface area is 141 Å². The van der Waals surface area contributed by atoms with Crippen LogP contribution in [0.4, 0.5) is 11.4 Å². The van der Waals surface area contributed by atoms with Crippen molar-refractivity contribution in [2.75, 3.05) is 5.32 Å². The van der Waals surface area contributed by atoms with E-state index in [1.807, 2.05) is 67.6 Å². The average molecular weight is 317 g/mol. The number of hydrogen-bond acceptors (Lipinski definition) is 3. The van der Waals surface area contributed by atoms with E-state index < -0.39 is 0 Å². The molecule has 3 rings (SSSR count). The van der Waals surface area contributed by atoms with Gasteiger partial charge in [0.2, 0.25) is 0 Å². The molecular formula is C20H19N3O. The fraction of sp³-hybridized carbons (Fsp3) is 0.100. The molecule has 2 aromatic carbocycles. The minimum atomic E-state index is -0.185. The van der Waals surface area contributed by atoms with Crippen molar-refractivity contribution in [2.45, 2.75) is 13.5 Å². The number of aryl methyl sites for hydroxylation is 1. The van der Waals surface area contributed by atoms with Gasteiger partial charge in [-0.3, -0.25) is 9.78 Å². The SMILES string of the molecule is Cc1ccccc1CNC(=O)c1cc(Nc2ccccc2)ccn1. The lowest BCUT2D eigenvalue weighted by molar-refractivity contribution is 0.0946. The van der Waals surface area contributed by atoms with Gasteiger partial charge in [-0.1, -0.05) is 42.5 Å². The molecule has 1 amide bonds. The predicted molar refractivity (Wildman–Crippen MR) is 96.3 cm³/mol. The van der Waals surface area contributed by atoms with Gasteiger partial charge in [0, 0.05) is 24.1 Å². The lowest BCUT2D eigenvalue weighted by Gasteiger charge is -2.09. The molecular weight excluding hydrogens is 298 g/mol. The number of pyridine rings is 1. The van der Waals surface area contributed by atoms with Crippen molar-refractivity contribution in [3.63, 3.8) is 0 Å². The molecule has 0 saturated heterocycles. The highest BCUT2D eigenvalue weighted by atomic mass is 16.1. The number of nitrogens with one attached hydrogen (secondary N) is 2. The number of rotatable bonds is 5. The molecule has 2 N–H and O–H groups in total. The Morgan fingerprint density at radius 2 is 1.71 bits per heavy atom. The molecule has 0 spiro atoms. The molecule has 0 unspecified atom stereocenters. The van der Waals surface area contributed by atoms with E-state index in [4.69, 9.17) is 0 Å². The monoisotopic (exact) mass is 317 g/mol. The first-order chi connectivity index (χ1) is 11.7. The van der Waals surface area contributed by atoms with Gasteiger partial charge in [-0.25, -0.2) is 0 Å². The number of aromatic nitrogens is 1. The third-order valence-electron chi connectivity index (χ3n) is 3.76. The number of carbonyl (C=O) groups excluding carboxylic acids is 1. The van der Waals surface area contributed by atoms with Crippen molar-refractivity contribution in [3.05, 3.63) is 89.7 Å². The van der Waals surface area contributed by atoms with Crippen LogP contribution in [0.1, 0.15) is 21.6 Å². The topological polar surface area (TPSA) is 54.0 Å². The molecule has 0 saturated carbocycles. The van der Waals surface area contributed by atoms with Crippen LogP contribution in [-0.2, 0) is 6.54 Å². The van der Waals surface area contributed by atoms with Crippen molar-refractivity contribution in [1.29, 1.82) is 0 Å². The van der Waals surface area contributed by atoms with Gasteiger partial charge in [0.15, 0.2) is 0 Å². The first kappa shape index (κ1) is 15.7. The molecule has 0 atom stereocenters. The average Bonchev–Trinajstić information content (AvgIpc) is 2.62. The van der Waals surface area contributed by atoms with Gasteiger partial charge in [-0.15, -0.1) is 0 Å². The molecule has 1 heterocycles. The van der Waals surface area contributed by atoms with Crippen molar-refractivity contribution in [2.24, 2.45) is 0 Å². The molecule has 120 valence electrons. The standard InChI is InChI=1S/C20H19N3O/c1-15-7-5-6-8-16(15)14-22-20(24)19-13-18(11-12-21-19)23-17-9-3-2-4-10-17/h2-13H,14H2,1H3,(H,21,23)(H,22,24). The molecule has 0 radical (unpaired) electrons. The van der Waals surface area contributed by atoms with E-state index in [0.29, 0.717) is 12.2 Å². The number of benzene rings is 2. The molecule has 0 aliphatic rings. The smallest absolute Gasteiger partial charge is 0.270 e. The molecule has 3 aromatic rings. The molecule has 4 nitrogen and oxygen atoms in total. The van der Waals surface area contributed by atoms with Crippen LogP contribution in [0.2, 0.25) is 0 Å². The summed E-state index contributed by atoms with van der Waals surface area (Å²) in [5.74, 6) is -0.185. The van der Waals surface area contributed by atoms with Crippen molar-refractivity contribution in [3.8, 4) is 0 Å². The zero-order valence-corrected chi connectivity index (χ0v) is 13.5. The maximum atomic E-state index is 12.3. The van der Waals surface area contributed by atoms with E-state index in [0.717, 1.165) is 22.5 Å². The van der Waals surface area contributed by atoms with E-state index in [-0.39, 0.29) is 5.91 Å². The Morgan fingerprint density at radius 1 is 0.958 bits per heavy atom. The number of carbonyl (C=O) groups is 1. The summed E-state index contributed by atoms with van der Waals surface area (Å²) in [6.07, 6.45) is 1.63. The van der Waals surface area contributed by atoms with Crippen molar-refractivity contribution < 1.29 is 4.79 Å². The summed E-state index contributed by atoms with van der Waals surface area (Å²) in [5, 5.41) is 6.18. The summed E-state index contributed by atoms with van der Waals surface area (Å²) in [5.41, 5.74) is 4.45. The minimum Gasteiger partial charge on any atom is -0.355 e. The quantitative estimate of drug-likeness (QED) is 0.746. The third-order valence-corrected chi connectivity index (χ3v) is 3.76.